The largest absolute Gasteiger partial charge is 0.465 e. The van der Waals surface area contributed by atoms with Crippen molar-refractivity contribution in [3.63, 3.8) is 0 Å². The summed E-state index contributed by atoms with van der Waals surface area (Å²) in [5.41, 5.74) is -0.389. The summed E-state index contributed by atoms with van der Waals surface area (Å²) in [6, 6.07) is 0. The predicted octanol–water partition coefficient (Wildman–Crippen LogP) is 3.54. The minimum Gasteiger partial charge on any atom is -0.465 e. The van der Waals surface area contributed by atoms with Crippen molar-refractivity contribution in [3.8, 4) is 0 Å². The summed E-state index contributed by atoms with van der Waals surface area (Å²) < 4.78 is 17.5. The Morgan fingerprint density at radius 1 is 1.33 bits per heavy atom. The topological polar surface area (TPSA) is 44.8 Å². The van der Waals surface area contributed by atoms with Gasteiger partial charge in [-0.15, -0.1) is 0 Å². The molecular weight excluding hydrogens is 268 g/mol. The van der Waals surface area contributed by atoms with Gasteiger partial charge in [0.25, 0.3) is 0 Å². The third-order valence-electron chi connectivity index (χ3n) is 4.92. The van der Waals surface area contributed by atoms with E-state index in [0.717, 1.165) is 45.3 Å². The Morgan fingerprint density at radius 3 is 2.62 bits per heavy atom. The Morgan fingerprint density at radius 2 is 2.00 bits per heavy atom. The van der Waals surface area contributed by atoms with Crippen molar-refractivity contribution in [1.29, 1.82) is 0 Å². The number of rotatable bonds is 4. The Kier molecular flexibility index (Phi) is 5.31. The van der Waals surface area contributed by atoms with E-state index in [1.165, 1.54) is 0 Å². The minimum atomic E-state index is -0.415. The maximum absolute atomic E-state index is 12.1. The van der Waals surface area contributed by atoms with Crippen molar-refractivity contribution < 1.29 is 19.0 Å². The first-order valence-corrected chi connectivity index (χ1v) is 8.32. The molecule has 0 bridgehead atoms. The number of ether oxygens (including phenoxy) is 3. The van der Waals surface area contributed by atoms with Crippen molar-refractivity contribution >= 4 is 5.97 Å². The summed E-state index contributed by atoms with van der Waals surface area (Å²) in [5.74, 6) is 0.314. The van der Waals surface area contributed by atoms with Crippen LogP contribution in [0.15, 0.2) is 0 Å². The predicted molar refractivity (Wildman–Crippen MR) is 80.8 cm³/mol. The van der Waals surface area contributed by atoms with Gasteiger partial charge in [0.2, 0.25) is 0 Å². The highest BCUT2D eigenvalue weighted by molar-refractivity contribution is 5.75. The zero-order chi connectivity index (χ0) is 15.5. The summed E-state index contributed by atoms with van der Waals surface area (Å²) in [6.07, 6.45) is 4.77. The second kappa shape index (κ2) is 6.66. The van der Waals surface area contributed by atoms with Gasteiger partial charge in [-0.1, -0.05) is 13.8 Å². The lowest BCUT2D eigenvalue weighted by molar-refractivity contribution is -0.300. The van der Waals surface area contributed by atoms with Gasteiger partial charge in [-0.25, -0.2) is 0 Å². The van der Waals surface area contributed by atoms with Gasteiger partial charge in [-0.3, -0.25) is 4.79 Å². The molecule has 1 aliphatic heterocycles. The average Bonchev–Trinajstić information content (AvgIpc) is 2.48. The van der Waals surface area contributed by atoms with Crippen LogP contribution in [-0.4, -0.2) is 31.6 Å². The summed E-state index contributed by atoms with van der Waals surface area (Å²) in [5, 5.41) is 0. The number of hydrogen-bond donors (Lipinski definition) is 0. The van der Waals surface area contributed by atoms with Crippen LogP contribution in [0.4, 0.5) is 0 Å². The molecule has 122 valence electrons. The van der Waals surface area contributed by atoms with E-state index in [-0.39, 0.29) is 11.4 Å². The molecule has 1 unspecified atom stereocenters. The molecule has 1 saturated heterocycles. The molecule has 21 heavy (non-hydrogen) atoms. The number of hydrogen-bond acceptors (Lipinski definition) is 4. The molecule has 0 amide bonds. The lowest BCUT2D eigenvalue weighted by atomic mass is 9.84. The molecule has 1 aliphatic carbocycles. The highest BCUT2D eigenvalue weighted by atomic mass is 16.7. The van der Waals surface area contributed by atoms with Crippen LogP contribution in [0, 0.1) is 17.3 Å². The first kappa shape index (κ1) is 16.8. The third kappa shape index (κ3) is 4.19. The Balaban J connectivity index is 1.83. The Bertz CT molecular complexity index is 356. The zero-order valence-electron chi connectivity index (χ0n) is 13.9. The van der Waals surface area contributed by atoms with Gasteiger partial charge in [0, 0.05) is 18.8 Å². The maximum Gasteiger partial charge on any atom is 0.311 e. The quantitative estimate of drug-likeness (QED) is 0.745. The molecule has 4 heteroatoms. The first-order valence-electron chi connectivity index (χ1n) is 8.32. The lowest BCUT2D eigenvalue weighted by Crippen LogP contribution is -2.47. The highest BCUT2D eigenvalue weighted by Gasteiger charge is 2.41. The second-order valence-electron chi connectivity index (χ2n) is 7.44. The maximum atomic E-state index is 12.1. The van der Waals surface area contributed by atoms with Crippen LogP contribution in [-0.2, 0) is 19.0 Å². The fourth-order valence-corrected chi connectivity index (χ4v) is 2.92. The molecule has 1 saturated carbocycles. The second-order valence-corrected chi connectivity index (χ2v) is 7.44. The minimum absolute atomic E-state index is 0.0938. The number of carbonyl (C=O) groups excluding carboxylic acids is 1. The molecule has 0 N–H and O–H groups in total. The van der Waals surface area contributed by atoms with Crippen molar-refractivity contribution in [2.24, 2.45) is 17.3 Å². The first-order chi connectivity index (χ1) is 9.87. The van der Waals surface area contributed by atoms with E-state index in [2.05, 4.69) is 6.92 Å². The Hall–Kier alpha value is -0.610. The highest BCUT2D eigenvalue weighted by Crippen LogP contribution is 2.39. The van der Waals surface area contributed by atoms with E-state index in [9.17, 15) is 4.79 Å². The third-order valence-corrected chi connectivity index (χ3v) is 4.92. The van der Waals surface area contributed by atoms with E-state index in [1.54, 1.807) is 0 Å². The molecule has 0 aromatic rings. The van der Waals surface area contributed by atoms with Gasteiger partial charge < -0.3 is 14.2 Å². The molecule has 2 rings (SSSR count). The normalized spacial score (nSPS) is 33.9. The van der Waals surface area contributed by atoms with E-state index < -0.39 is 5.79 Å². The summed E-state index contributed by atoms with van der Waals surface area (Å²) in [4.78, 5) is 12.1. The van der Waals surface area contributed by atoms with Crippen molar-refractivity contribution in [1.82, 2.24) is 0 Å². The zero-order valence-corrected chi connectivity index (χ0v) is 13.9. The van der Waals surface area contributed by atoms with Crippen LogP contribution in [0.3, 0.4) is 0 Å². The van der Waals surface area contributed by atoms with Crippen molar-refractivity contribution in [2.45, 2.75) is 65.6 Å². The summed E-state index contributed by atoms with van der Waals surface area (Å²) >= 11 is 0. The monoisotopic (exact) mass is 298 g/mol. The molecule has 0 aromatic heterocycles. The molecule has 0 aromatic carbocycles. The Labute approximate surface area is 128 Å². The molecular formula is C17H30O4. The molecule has 2 aliphatic rings. The summed E-state index contributed by atoms with van der Waals surface area (Å²) in [7, 11) is 0. The number of carbonyl (C=O) groups is 1. The standard InChI is InChI=1S/C17H30O4/c1-5-16(3,4)15(18)19-12-14-7-6-8-17(9-14)20-10-13(2)11-21-17/h13-14H,5-12H2,1-4H3. The van der Waals surface area contributed by atoms with E-state index in [4.69, 9.17) is 14.2 Å². The SMILES string of the molecule is CCC(C)(C)C(=O)OCC1CCCC2(C1)OCC(C)CO2. The van der Waals surface area contributed by atoms with Crippen LogP contribution >= 0.6 is 0 Å². The van der Waals surface area contributed by atoms with Crippen molar-refractivity contribution in [2.75, 3.05) is 19.8 Å². The fraction of sp³-hybridized carbons (Fsp3) is 0.941. The molecule has 2 fully saturated rings. The molecule has 1 spiro atoms. The lowest BCUT2D eigenvalue weighted by Gasteiger charge is -2.44. The molecule has 0 radical (unpaired) electrons. The van der Waals surface area contributed by atoms with E-state index in [1.807, 2.05) is 20.8 Å². The van der Waals surface area contributed by atoms with E-state index in [0.29, 0.717) is 18.4 Å². The van der Waals surface area contributed by atoms with Crippen LogP contribution in [0.2, 0.25) is 0 Å². The molecule has 1 heterocycles. The average molecular weight is 298 g/mol. The number of esters is 1. The van der Waals surface area contributed by atoms with E-state index >= 15 is 0 Å². The molecule has 4 nitrogen and oxygen atoms in total. The van der Waals surface area contributed by atoms with Gasteiger partial charge >= 0.3 is 5.97 Å². The van der Waals surface area contributed by atoms with Gasteiger partial charge in [0.1, 0.15) is 0 Å². The van der Waals surface area contributed by atoms with Gasteiger partial charge in [0.05, 0.1) is 25.2 Å². The van der Waals surface area contributed by atoms with Gasteiger partial charge in [-0.05, 0) is 39.0 Å². The smallest absolute Gasteiger partial charge is 0.311 e. The van der Waals surface area contributed by atoms with Crippen LogP contribution in [0.1, 0.15) is 59.8 Å². The van der Waals surface area contributed by atoms with Crippen LogP contribution in [0.5, 0.6) is 0 Å². The fourth-order valence-electron chi connectivity index (χ4n) is 2.92. The van der Waals surface area contributed by atoms with Crippen LogP contribution < -0.4 is 0 Å². The van der Waals surface area contributed by atoms with Crippen LogP contribution in [0.25, 0.3) is 0 Å². The van der Waals surface area contributed by atoms with Gasteiger partial charge in [-0.2, -0.15) is 0 Å². The van der Waals surface area contributed by atoms with Gasteiger partial charge in [0.15, 0.2) is 5.79 Å². The summed E-state index contributed by atoms with van der Waals surface area (Å²) in [6.45, 7) is 10.1. The van der Waals surface area contributed by atoms with Crippen molar-refractivity contribution in [3.05, 3.63) is 0 Å². The molecule has 1 atom stereocenters.